The molecule has 2 atom stereocenters. The molecular weight excluding hydrogens is 726 g/mol. The number of carbonyl (C=O) groups excluding carboxylic acids is 2. The monoisotopic (exact) mass is 762 g/mol. The van der Waals surface area contributed by atoms with E-state index in [1.54, 1.807) is 30.5 Å². The number of aliphatic hydroxyl groups excluding tert-OH is 1. The first kappa shape index (κ1) is 37.8. The molecule has 4 heterocycles. The summed E-state index contributed by atoms with van der Waals surface area (Å²) in [6, 6.07) is 15.7. The number of halogens is 3. The van der Waals surface area contributed by atoms with Crippen molar-refractivity contribution in [3.05, 3.63) is 104 Å². The molecule has 0 aliphatic carbocycles. The highest BCUT2D eigenvalue weighted by Crippen LogP contribution is 2.42. The van der Waals surface area contributed by atoms with Crippen LogP contribution in [0.15, 0.2) is 71.8 Å². The van der Waals surface area contributed by atoms with Crippen LogP contribution in [0.1, 0.15) is 30.4 Å². The normalized spacial score (nSPS) is 14.7. The Kier molecular flexibility index (Phi) is 12.0. The number of aromatic nitrogens is 3. The van der Waals surface area contributed by atoms with Gasteiger partial charge in [-0.25, -0.2) is 14.4 Å². The van der Waals surface area contributed by atoms with Crippen LogP contribution in [0.5, 0.6) is 5.88 Å². The maximum Gasteiger partial charge on any atom is 0.308 e. The Labute approximate surface area is 314 Å². The van der Waals surface area contributed by atoms with Crippen LogP contribution in [0.25, 0.3) is 39.2 Å². The fourth-order valence-electron chi connectivity index (χ4n) is 6.21. The minimum absolute atomic E-state index is 0.00529. The predicted octanol–water partition coefficient (Wildman–Crippen LogP) is 4.93. The summed E-state index contributed by atoms with van der Waals surface area (Å²) in [5, 5.41) is 19.7. The standard InChI is InChI=1S/C38H37Cl2FN6O6/c1-52-34(50)14-24(48)19-42-16-22-17-44-32-13-21(11-12-47(32)38(22)51)25-5-3-6-26(35(25)39)27-7-4-8-28(36(27)40)31-15-30(41)29(37(46-31)53-2)20-43-18-23-9-10-33(49)45-23/h3-8,11-13,15,17,23-24,42-43,48H,9-10,14,16,18-20H2,1-2H3,(H,45,49)/t23-,24+/m1/s1. The molecule has 1 amide bonds. The Hall–Kier alpha value is -4.92. The van der Waals surface area contributed by atoms with E-state index in [4.69, 9.17) is 27.9 Å². The fourth-order valence-corrected chi connectivity index (χ4v) is 6.87. The largest absolute Gasteiger partial charge is 0.481 e. The van der Waals surface area contributed by atoms with Crippen molar-refractivity contribution in [1.29, 1.82) is 0 Å². The summed E-state index contributed by atoms with van der Waals surface area (Å²) < 4.78 is 27.0. The number of hydrogen-bond donors (Lipinski definition) is 4. The molecule has 1 aliphatic rings. The maximum atomic E-state index is 15.6. The number of nitrogens with zero attached hydrogens (tertiary/aromatic N) is 3. The van der Waals surface area contributed by atoms with Crippen molar-refractivity contribution in [2.24, 2.45) is 0 Å². The number of aliphatic hydroxyl groups is 1. The van der Waals surface area contributed by atoms with Gasteiger partial charge in [-0.3, -0.25) is 18.8 Å². The van der Waals surface area contributed by atoms with Crippen molar-refractivity contribution in [3.63, 3.8) is 0 Å². The van der Waals surface area contributed by atoms with Gasteiger partial charge in [-0.2, -0.15) is 0 Å². The van der Waals surface area contributed by atoms with Gasteiger partial charge in [0, 0.05) is 84.9 Å². The number of carbonyl (C=O) groups is 2. The molecule has 0 unspecified atom stereocenters. The molecule has 0 spiro atoms. The lowest BCUT2D eigenvalue weighted by Crippen LogP contribution is -2.35. The number of benzene rings is 2. The van der Waals surface area contributed by atoms with E-state index in [1.165, 1.54) is 30.9 Å². The average Bonchev–Trinajstić information content (AvgIpc) is 3.57. The summed E-state index contributed by atoms with van der Waals surface area (Å²) in [7, 11) is 2.67. The fraction of sp³-hybridized carbons (Fsp3) is 0.289. The second-order valence-electron chi connectivity index (χ2n) is 12.5. The number of pyridine rings is 2. The number of ether oxygens (including phenoxy) is 2. The smallest absolute Gasteiger partial charge is 0.308 e. The molecule has 4 N–H and O–H groups in total. The van der Waals surface area contributed by atoms with Gasteiger partial charge in [-0.1, -0.05) is 59.6 Å². The first-order chi connectivity index (χ1) is 25.6. The number of rotatable bonds is 14. The number of hydrogen-bond acceptors (Lipinski definition) is 10. The number of esters is 1. The first-order valence-corrected chi connectivity index (χ1v) is 17.6. The SMILES string of the molecule is COC(=O)C[C@H](O)CNCc1cnc2cc(-c3cccc(-c4cccc(-c5cc(F)c(CNC[C@H]6CCC(=O)N6)c(OC)n5)c4Cl)c3Cl)ccn2c1=O. The van der Waals surface area contributed by atoms with Crippen molar-refractivity contribution in [2.45, 2.75) is 44.5 Å². The minimum atomic E-state index is -0.957. The first-order valence-electron chi connectivity index (χ1n) is 16.9. The van der Waals surface area contributed by atoms with Crippen molar-refractivity contribution >= 4 is 40.7 Å². The van der Waals surface area contributed by atoms with Gasteiger partial charge in [-0.05, 0) is 24.1 Å². The van der Waals surface area contributed by atoms with Crippen LogP contribution >= 0.6 is 23.2 Å². The van der Waals surface area contributed by atoms with Crippen molar-refractivity contribution in [2.75, 3.05) is 27.3 Å². The highest BCUT2D eigenvalue weighted by Gasteiger charge is 2.22. The minimum Gasteiger partial charge on any atom is -0.481 e. The molecule has 12 nitrogen and oxygen atoms in total. The Morgan fingerprint density at radius 1 is 1.04 bits per heavy atom. The lowest BCUT2D eigenvalue weighted by atomic mass is 9.97. The van der Waals surface area contributed by atoms with Crippen LogP contribution in [0.2, 0.25) is 10.0 Å². The van der Waals surface area contributed by atoms with E-state index in [2.05, 4.69) is 30.7 Å². The zero-order chi connectivity index (χ0) is 37.6. The quantitative estimate of drug-likeness (QED) is 0.115. The maximum absolute atomic E-state index is 15.6. The average molecular weight is 764 g/mol. The highest BCUT2D eigenvalue weighted by atomic mass is 35.5. The van der Waals surface area contributed by atoms with E-state index in [1.807, 2.05) is 24.3 Å². The molecule has 1 aliphatic heterocycles. The van der Waals surface area contributed by atoms with Crippen LogP contribution in [-0.4, -0.2) is 70.8 Å². The van der Waals surface area contributed by atoms with Crippen molar-refractivity contribution in [3.8, 4) is 39.4 Å². The lowest BCUT2D eigenvalue weighted by molar-refractivity contribution is -0.142. The molecular formula is C38H37Cl2FN6O6. The van der Waals surface area contributed by atoms with E-state index in [9.17, 15) is 19.5 Å². The summed E-state index contributed by atoms with van der Waals surface area (Å²) >= 11 is 14.0. The lowest BCUT2D eigenvalue weighted by Gasteiger charge is -2.16. The zero-order valence-electron chi connectivity index (χ0n) is 28.9. The van der Waals surface area contributed by atoms with Crippen LogP contribution < -0.4 is 26.2 Å². The number of nitrogens with one attached hydrogen (secondary N) is 3. The summed E-state index contributed by atoms with van der Waals surface area (Å²) in [5.74, 6) is -0.915. The third-order valence-corrected chi connectivity index (χ3v) is 9.80. The van der Waals surface area contributed by atoms with Crippen molar-refractivity contribution in [1.82, 2.24) is 30.3 Å². The summed E-state index contributed by atoms with van der Waals surface area (Å²) in [4.78, 5) is 45.1. The van der Waals surface area contributed by atoms with E-state index >= 15 is 4.39 Å². The van der Waals surface area contributed by atoms with Crippen molar-refractivity contribution < 1.29 is 28.6 Å². The Bertz CT molecular complexity index is 2230. The Morgan fingerprint density at radius 2 is 1.75 bits per heavy atom. The molecule has 6 rings (SSSR count). The van der Waals surface area contributed by atoms with Gasteiger partial charge in [-0.15, -0.1) is 0 Å². The topological polar surface area (TPSA) is 156 Å². The predicted molar refractivity (Wildman–Crippen MR) is 199 cm³/mol. The van der Waals surface area contributed by atoms with Gasteiger partial charge in [0.05, 0.1) is 48.0 Å². The Morgan fingerprint density at radius 3 is 2.45 bits per heavy atom. The van der Waals surface area contributed by atoms with Gasteiger partial charge < -0.3 is 30.5 Å². The molecule has 1 saturated heterocycles. The van der Waals surface area contributed by atoms with Crippen LogP contribution in [0.3, 0.4) is 0 Å². The third kappa shape index (κ3) is 8.50. The molecule has 53 heavy (non-hydrogen) atoms. The van der Waals surface area contributed by atoms with Crippen LogP contribution in [-0.2, 0) is 27.4 Å². The second-order valence-corrected chi connectivity index (χ2v) is 13.3. The molecule has 276 valence electrons. The second kappa shape index (κ2) is 16.8. The van der Waals surface area contributed by atoms with Gasteiger partial charge >= 0.3 is 5.97 Å². The highest BCUT2D eigenvalue weighted by molar-refractivity contribution is 6.39. The van der Waals surface area contributed by atoms with Crippen LogP contribution in [0.4, 0.5) is 4.39 Å². The van der Waals surface area contributed by atoms with Gasteiger partial charge in [0.25, 0.3) is 5.56 Å². The zero-order valence-corrected chi connectivity index (χ0v) is 30.4. The van der Waals surface area contributed by atoms with Crippen LogP contribution in [0, 0.1) is 5.82 Å². The molecule has 2 aromatic carbocycles. The summed E-state index contributed by atoms with van der Waals surface area (Å²) in [6.07, 6.45) is 3.17. The molecule has 3 aromatic heterocycles. The molecule has 1 fully saturated rings. The van der Waals surface area contributed by atoms with E-state index in [0.717, 1.165) is 6.42 Å². The number of amides is 1. The number of methoxy groups -OCH3 is 2. The van der Waals surface area contributed by atoms with E-state index in [0.29, 0.717) is 62.0 Å². The Balaban J connectivity index is 1.23. The number of fused-ring (bicyclic) bond motifs is 1. The van der Waals surface area contributed by atoms with E-state index < -0.39 is 17.9 Å². The molecule has 0 saturated carbocycles. The van der Waals surface area contributed by atoms with Gasteiger partial charge in [0.15, 0.2) is 0 Å². The third-order valence-electron chi connectivity index (χ3n) is 8.98. The molecule has 0 radical (unpaired) electrons. The molecule has 15 heteroatoms. The molecule has 0 bridgehead atoms. The van der Waals surface area contributed by atoms with E-state index in [-0.39, 0.29) is 60.7 Å². The van der Waals surface area contributed by atoms with Gasteiger partial charge in [0.1, 0.15) is 11.5 Å². The summed E-state index contributed by atoms with van der Waals surface area (Å²) in [6.45, 7) is 0.882. The molecule has 5 aromatic rings. The summed E-state index contributed by atoms with van der Waals surface area (Å²) in [5.41, 5.74) is 4.12. The van der Waals surface area contributed by atoms with Gasteiger partial charge in [0.2, 0.25) is 11.8 Å².